The van der Waals surface area contributed by atoms with Crippen molar-refractivity contribution in [1.29, 1.82) is 0 Å². The first-order chi connectivity index (χ1) is 13.7. The van der Waals surface area contributed by atoms with Gasteiger partial charge in [-0.2, -0.15) is 0 Å². The van der Waals surface area contributed by atoms with Crippen molar-refractivity contribution in [3.63, 3.8) is 0 Å². The summed E-state index contributed by atoms with van der Waals surface area (Å²) in [5.41, 5.74) is 1.87. The molecule has 0 aliphatic heterocycles. The van der Waals surface area contributed by atoms with Crippen molar-refractivity contribution in [3.8, 4) is 5.75 Å². The number of nitrogens with one attached hydrogen (secondary N) is 2. The SMILES string of the molecule is CCOc1ccc(NC(=O)c2ccnc(C(=O)NCc3ccccn3)c2)cc1. The van der Waals surface area contributed by atoms with Crippen molar-refractivity contribution in [2.75, 3.05) is 11.9 Å². The van der Waals surface area contributed by atoms with Crippen molar-refractivity contribution in [3.05, 3.63) is 83.9 Å². The van der Waals surface area contributed by atoms with Gasteiger partial charge in [0.15, 0.2) is 0 Å². The molecule has 7 nitrogen and oxygen atoms in total. The van der Waals surface area contributed by atoms with Gasteiger partial charge in [-0.3, -0.25) is 19.6 Å². The van der Waals surface area contributed by atoms with Crippen molar-refractivity contribution in [2.24, 2.45) is 0 Å². The molecule has 3 aromatic rings. The van der Waals surface area contributed by atoms with Crippen molar-refractivity contribution >= 4 is 17.5 Å². The van der Waals surface area contributed by atoms with Gasteiger partial charge in [-0.1, -0.05) is 6.07 Å². The summed E-state index contributed by atoms with van der Waals surface area (Å²) in [6, 6.07) is 15.5. The largest absolute Gasteiger partial charge is 0.494 e. The third kappa shape index (κ3) is 5.14. The molecule has 142 valence electrons. The lowest BCUT2D eigenvalue weighted by atomic mass is 10.2. The second kappa shape index (κ2) is 9.27. The summed E-state index contributed by atoms with van der Waals surface area (Å²) < 4.78 is 5.38. The fourth-order valence-corrected chi connectivity index (χ4v) is 2.46. The molecular weight excluding hydrogens is 356 g/mol. The lowest BCUT2D eigenvalue weighted by Crippen LogP contribution is -2.24. The van der Waals surface area contributed by atoms with E-state index in [0.717, 1.165) is 11.4 Å². The van der Waals surface area contributed by atoms with Gasteiger partial charge >= 0.3 is 0 Å². The summed E-state index contributed by atoms with van der Waals surface area (Å²) in [5, 5.41) is 5.53. The number of nitrogens with zero attached hydrogens (tertiary/aromatic N) is 2. The zero-order chi connectivity index (χ0) is 19.8. The summed E-state index contributed by atoms with van der Waals surface area (Å²) in [4.78, 5) is 33.0. The molecule has 1 aromatic carbocycles. The molecule has 7 heteroatoms. The number of ether oxygens (including phenoxy) is 1. The van der Waals surface area contributed by atoms with Gasteiger partial charge in [0.1, 0.15) is 11.4 Å². The van der Waals surface area contributed by atoms with Crippen LogP contribution in [-0.4, -0.2) is 28.4 Å². The molecule has 0 saturated heterocycles. The number of amides is 2. The molecule has 0 aliphatic rings. The molecule has 0 radical (unpaired) electrons. The first-order valence-corrected chi connectivity index (χ1v) is 8.84. The van der Waals surface area contributed by atoms with Gasteiger partial charge in [0, 0.05) is 23.6 Å². The molecule has 0 aliphatic carbocycles. The first-order valence-electron chi connectivity index (χ1n) is 8.84. The van der Waals surface area contributed by atoms with E-state index >= 15 is 0 Å². The van der Waals surface area contributed by atoms with E-state index in [9.17, 15) is 9.59 Å². The van der Waals surface area contributed by atoms with Crippen LogP contribution in [0.15, 0.2) is 67.0 Å². The Morgan fingerprint density at radius 2 is 1.79 bits per heavy atom. The molecule has 0 saturated carbocycles. The van der Waals surface area contributed by atoms with Crippen molar-refractivity contribution in [1.82, 2.24) is 15.3 Å². The minimum atomic E-state index is -0.374. The van der Waals surface area contributed by atoms with E-state index in [1.165, 1.54) is 12.3 Å². The van der Waals surface area contributed by atoms with Crippen LogP contribution in [0, 0.1) is 0 Å². The normalized spacial score (nSPS) is 10.2. The molecule has 0 atom stereocenters. The van der Waals surface area contributed by atoms with Crippen molar-refractivity contribution in [2.45, 2.75) is 13.5 Å². The number of aromatic nitrogens is 2. The number of anilines is 1. The van der Waals surface area contributed by atoms with Gasteiger partial charge in [0.2, 0.25) is 0 Å². The average Bonchev–Trinajstić information content (AvgIpc) is 2.74. The van der Waals surface area contributed by atoms with Crippen LogP contribution in [0.2, 0.25) is 0 Å². The number of pyridine rings is 2. The van der Waals surface area contributed by atoms with Gasteiger partial charge in [-0.25, -0.2) is 0 Å². The Bertz CT molecular complexity index is 943. The van der Waals surface area contributed by atoms with Crippen LogP contribution in [0.5, 0.6) is 5.75 Å². The fraction of sp³-hybridized carbons (Fsp3) is 0.143. The fourth-order valence-electron chi connectivity index (χ4n) is 2.46. The molecule has 2 heterocycles. The smallest absolute Gasteiger partial charge is 0.270 e. The Morgan fingerprint density at radius 3 is 2.50 bits per heavy atom. The second-order valence-electron chi connectivity index (χ2n) is 5.85. The summed E-state index contributed by atoms with van der Waals surface area (Å²) in [5.74, 6) is 0.0305. The Morgan fingerprint density at radius 1 is 0.964 bits per heavy atom. The Hall–Kier alpha value is -3.74. The van der Waals surface area contributed by atoms with E-state index in [1.807, 2.05) is 19.1 Å². The highest BCUT2D eigenvalue weighted by Gasteiger charge is 2.12. The lowest BCUT2D eigenvalue weighted by Gasteiger charge is -2.08. The Balaban J connectivity index is 1.63. The number of carbonyl (C=O) groups excluding carboxylic acids is 2. The third-order valence-corrected chi connectivity index (χ3v) is 3.83. The zero-order valence-electron chi connectivity index (χ0n) is 15.4. The van der Waals surface area contributed by atoms with Crippen LogP contribution >= 0.6 is 0 Å². The van der Waals surface area contributed by atoms with Gasteiger partial charge in [0.25, 0.3) is 11.8 Å². The molecule has 0 unspecified atom stereocenters. The molecule has 2 N–H and O–H groups in total. The lowest BCUT2D eigenvalue weighted by molar-refractivity contribution is 0.0945. The quantitative estimate of drug-likeness (QED) is 0.661. The van der Waals surface area contributed by atoms with Gasteiger partial charge in [0.05, 0.1) is 18.8 Å². The van der Waals surface area contributed by atoms with Gasteiger partial charge in [-0.15, -0.1) is 0 Å². The minimum Gasteiger partial charge on any atom is -0.494 e. The number of hydrogen-bond acceptors (Lipinski definition) is 5. The standard InChI is InChI=1S/C21H20N4O3/c1-2-28-18-8-6-16(7-9-18)25-20(26)15-10-12-23-19(13-15)21(27)24-14-17-5-3-4-11-22-17/h3-13H,2,14H2,1H3,(H,24,27)(H,25,26). The molecular formula is C21H20N4O3. The highest BCUT2D eigenvalue weighted by molar-refractivity contribution is 6.05. The highest BCUT2D eigenvalue weighted by Crippen LogP contribution is 2.16. The van der Waals surface area contributed by atoms with Crippen LogP contribution in [0.25, 0.3) is 0 Å². The molecule has 2 amide bonds. The molecule has 28 heavy (non-hydrogen) atoms. The molecule has 0 bridgehead atoms. The maximum Gasteiger partial charge on any atom is 0.270 e. The van der Waals surface area contributed by atoms with Crippen molar-refractivity contribution < 1.29 is 14.3 Å². The topological polar surface area (TPSA) is 93.2 Å². The van der Waals surface area contributed by atoms with Gasteiger partial charge < -0.3 is 15.4 Å². The highest BCUT2D eigenvalue weighted by atomic mass is 16.5. The number of carbonyl (C=O) groups is 2. The molecule has 0 spiro atoms. The Kier molecular flexibility index (Phi) is 6.30. The predicted molar refractivity (Wildman–Crippen MR) is 105 cm³/mol. The van der Waals surface area contributed by atoms with E-state index in [4.69, 9.17) is 4.74 Å². The predicted octanol–water partition coefficient (Wildman–Crippen LogP) is 3.06. The maximum atomic E-state index is 12.5. The van der Waals surface area contributed by atoms with Gasteiger partial charge in [-0.05, 0) is 55.5 Å². The van der Waals surface area contributed by atoms with E-state index in [0.29, 0.717) is 17.9 Å². The first kappa shape index (κ1) is 19.0. The number of hydrogen-bond donors (Lipinski definition) is 2. The third-order valence-electron chi connectivity index (χ3n) is 3.83. The van der Waals surface area contributed by atoms with E-state index in [1.54, 1.807) is 42.6 Å². The second-order valence-corrected chi connectivity index (χ2v) is 5.85. The summed E-state index contributed by atoms with van der Waals surface area (Å²) in [6.07, 6.45) is 3.09. The minimum absolute atomic E-state index is 0.162. The molecule has 0 fully saturated rings. The van der Waals surface area contributed by atoms with Crippen LogP contribution in [0.4, 0.5) is 5.69 Å². The van der Waals surface area contributed by atoms with Crippen LogP contribution < -0.4 is 15.4 Å². The average molecular weight is 376 g/mol. The van der Waals surface area contributed by atoms with E-state index < -0.39 is 0 Å². The number of benzene rings is 1. The van der Waals surface area contributed by atoms with Crippen LogP contribution in [-0.2, 0) is 6.54 Å². The zero-order valence-corrected chi connectivity index (χ0v) is 15.4. The van der Waals surface area contributed by atoms with Crippen LogP contribution in [0.3, 0.4) is 0 Å². The molecule has 3 rings (SSSR count). The number of rotatable bonds is 7. The monoisotopic (exact) mass is 376 g/mol. The summed E-state index contributed by atoms with van der Waals surface area (Å²) >= 11 is 0. The van der Waals surface area contributed by atoms with Crippen LogP contribution in [0.1, 0.15) is 33.5 Å². The van der Waals surface area contributed by atoms with E-state index in [-0.39, 0.29) is 24.1 Å². The maximum absolute atomic E-state index is 12.5. The Labute approximate surface area is 162 Å². The van der Waals surface area contributed by atoms with E-state index in [2.05, 4.69) is 20.6 Å². The molecule has 2 aromatic heterocycles. The summed E-state index contributed by atoms with van der Waals surface area (Å²) in [7, 11) is 0. The summed E-state index contributed by atoms with van der Waals surface area (Å²) in [6.45, 7) is 2.76.